The van der Waals surface area contributed by atoms with E-state index in [1.807, 2.05) is 19.1 Å². The molecule has 1 aliphatic heterocycles. The van der Waals surface area contributed by atoms with Crippen LogP contribution in [-0.4, -0.2) is 11.9 Å². The zero-order chi connectivity index (χ0) is 11.0. The van der Waals surface area contributed by atoms with Crippen molar-refractivity contribution in [2.75, 3.05) is 0 Å². The number of ether oxygens (including phenoxy) is 1. The van der Waals surface area contributed by atoms with Gasteiger partial charge in [-0.2, -0.15) is 0 Å². The second-order valence-corrected chi connectivity index (χ2v) is 5.29. The Morgan fingerprint density at radius 3 is 2.80 bits per heavy atom. The van der Waals surface area contributed by atoms with Crippen LogP contribution in [0.3, 0.4) is 0 Å². The van der Waals surface area contributed by atoms with Gasteiger partial charge in [-0.15, -0.1) is 0 Å². The average molecular weight is 334 g/mol. The highest BCUT2D eigenvalue weighted by Gasteiger charge is 2.33. The molecule has 0 radical (unpaired) electrons. The van der Waals surface area contributed by atoms with Crippen LogP contribution in [0.4, 0.5) is 0 Å². The van der Waals surface area contributed by atoms with Crippen LogP contribution in [0.25, 0.3) is 0 Å². The molecule has 0 spiro atoms. The summed E-state index contributed by atoms with van der Waals surface area (Å²) in [4.78, 5) is 11.9. The molecule has 1 atom stereocenters. The molecule has 1 aromatic rings. The second kappa shape index (κ2) is 4.26. The van der Waals surface area contributed by atoms with E-state index in [1.165, 1.54) is 0 Å². The largest absolute Gasteiger partial charge is 0.480 e. The minimum Gasteiger partial charge on any atom is -0.480 e. The maximum absolute atomic E-state index is 11.9. The summed E-state index contributed by atoms with van der Waals surface area (Å²) < 4.78 is 7.35. The summed E-state index contributed by atoms with van der Waals surface area (Å²) in [6.07, 6.45) is 1.43. The van der Waals surface area contributed by atoms with Gasteiger partial charge in [0.25, 0.3) is 0 Å². The third-order valence-corrected chi connectivity index (χ3v) is 3.42. The lowest BCUT2D eigenvalue weighted by Crippen LogP contribution is -2.19. The van der Waals surface area contributed by atoms with Crippen molar-refractivity contribution in [1.82, 2.24) is 0 Å². The molecule has 0 N–H and O–H groups in total. The van der Waals surface area contributed by atoms with Crippen molar-refractivity contribution in [3.8, 4) is 5.75 Å². The van der Waals surface area contributed by atoms with Crippen LogP contribution in [0, 0.1) is 0 Å². The summed E-state index contributed by atoms with van der Waals surface area (Å²) in [7, 11) is 0. The Balaban J connectivity index is 2.41. The second-order valence-electron chi connectivity index (χ2n) is 3.52. The van der Waals surface area contributed by atoms with Gasteiger partial charge >= 0.3 is 0 Å². The van der Waals surface area contributed by atoms with Crippen LogP contribution in [0.5, 0.6) is 5.75 Å². The molecule has 0 bridgehead atoms. The quantitative estimate of drug-likeness (QED) is 0.819. The number of carbonyl (C=O) groups is 1. The number of halogens is 2. The van der Waals surface area contributed by atoms with Crippen molar-refractivity contribution < 1.29 is 9.53 Å². The Bertz CT molecular complexity index is 415. The lowest BCUT2D eigenvalue weighted by Gasteiger charge is -2.07. The van der Waals surface area contributed by atoms with E-state index in [2.05, 4.69) is 31.9 Å². The molecule has 0 saturated heterocycles. The number of ketones is 1. The van der Waals surface area contributed by atoms with Gasteiger partial charge < -0.3 is 4.74 Å². The molecule has 1 heterocycles. The van der Waals surface area contributed by atoms with Crippen LogP contribution in [0.15, 0.2) is 21.1 Å². The molecule has 2 nitrogen and oxygen atoms in total. The zero-order valence-electron chi connectivity index (χ0n) is 8.22. The van der Waals surface area contributed by atoms with Crippen molar-refractivity contribution in [2.45, 2.75) is 25.9 Å². The Labute approximate surface area is 105 Å². The van der Waals surface area contributed by atoms with Gasteiger partial charge in [0, 0.05) is 4.47 Å². The Hall–Kier alpha value is -0.350. The van der Waals surface area contributed by atoms with Gasteiger partial charge in [-0.25, -0.2) is 0 Å². The third kappa shape index (κ3) is 1.97. The van der Waals surface area contributed by atoms with E-state index in [9.17, 15) is 4.79 Å². The van der Waals surface area contributed by atoms with Crippen LogP contribution >= 0.6 is 31.9 Å². The summed E-state index contributed by atoms with van der Waals surface area (Å²) in [6.45, 7) is 2.05. The summed E-state index contributed by atoms with van der Waals surface area (Å²) in [5.41, 5.74) is 0.676. The minimum absolute atomic E-state index is 0.0915. The smallest absolute Gasteiger partial charge is 0.207 e. The zero-order valence-corrected chi connectivity index (χ0v) is 11.4. The molecule has 4 heteroatoms. The van der Waals surface area contributed by atoms with E-state index in [0.717, 1.165) is 21.8 Å². The molecule has 1 aliphatic rings. The SMILES string of the molecule is CCCC1Oc2c(Br)cc(Br)cc2C1=O. The van der Waals surface area contributed by atoms with Crippen LogP contribution < -0.4 is 4.74 Å². The first-order valence-electron chi connectivity index (χ1n) is 4.83. The molecular formula is C11H10Br2O2. The maximum atomic E-state index is 11.9. The van der Waals surface area contributed by atoms with Gasteiger partial charge in [-0.3, -0.25) is 4.79 Å². The fourth-order valence-electron chi connectivity index (χ4n) is 1.68. The predicted molar refractivity (Wildman–Crippen MR) is 65.5 cm³/mol. The van der Waals surface area contributed by atoms with E-state index in [0.29, 0.717) is 11.3 Å². The van der Waals surface area contributed by atoms with Crippen molar-refractivity contribution in [3.05, 3.63) is 26.6 Å². The highest BCUT2D eigenvalue weighted by molar-refractivity contribution is 9.11. The number of fused-ring (bicyclic) bond motifs is 1. The molecule has 1 unspecified atom stereocenters. The van der Waals surface area contributed by atoms with Crippen molar-refractivity contribution in [2.24, 2.45) is 0 Å². The summed E-state index contributed by atoms with van der Waals surface area (Å²) >= 11 is 6.76. The Kier molecular flexibility index (Phi) is 3.16. The lowest BCUT2D eigenvalue weighted by molar-refractivity contribution is 0.0845. The van der Waals surface area contributed by atoms with Gasteiger partial charge in [-0.1, -0.05) is 29.3 Å². The maximum Gasteiger partial charge on any atom is 0.207 e. The minimum atomic E-state index is -0.296. The molecule has 1 aromatic carbocycles. The Morgan fingerprint density at radius 1 is 1.40 bits per heavy atom. The fourth-order valence-corrected chi connectivity index (χ4v) is 3.00. The number of rotatable bonds is 2. The number of hydrogen-bond acceptors (Lipinski definition) is 2. The molecule has 0 amide bonds. The van der Waals surface area contributed by atoms with Crippen molar-refractivity contribution in [1.29, 1.82) is 0 Å². The van der Waals surface area contributed by atoms with E-state index in [-0.39, 0.29) is 11.9 Å². The number of Topliss-reactive ketones (excluding diaryl/α,β-unsaturated/α-hetero) is 1. The first-order valence-corrected chi connectivity index (χ1v) is 6.42. The highest BCUT2D eigenvalue weighted by Crippen LogP contribution is 2.39. The van der Waals surface area contributed by atoms with E-state index in [1.54, 1.807) is 0 Å². The number of carbonyl (C=O) groups excluding carboxylic acids is 1. The van der Waals surface area contributed by atoms with E-state index >= 15 is 0 Å². The monoisotopic (exact) mass is 332 g/mol. The first-order chi connectivity index (χ1) is 7.13. The fraction of sp³-hybridized carbons (Fsp3) is 0.364. The molecule has 0 aliphatic carbocycles. The van der Waals surface area contributed by atoms with Crippen LogP contribution in [0.1, 0.15) is 30.1 Å². The Morgan fingerprint density at radius 2 is 2.13 bits per heavy atom. The van der Waals surface area contributed by atoms with Crippen LogP contribution in [0.2, 0.25) is 0 Å². The van der Waals surface area contributed by atoms with Crippen molar-refractivity contribution >= 4 is 37.6 Å². The molecule has 0 fully saturated rings. The first kappa shape index (κ1) is 11.1. The molecule has 0 saturated carbocycles. The van der Waals surface area contributed by atoms with E-state index in [4.69, 9.17) is 4.74 Å². The predicted octanol–water partition coefficient (Wildman–Crippen LogP) is 3.96. The highest BCUT2D eigenvalue weighted by atomic mass is 79.9. The standard InChI is InChI=1S/C11H10Br2O2/c1-2-3-9-10(14)7-4-6(12)5-8(13)11(7)15-9/h4-5,9H,2-3H2,1H3. The molecule has 15 heavy (non-hydrogen) atoms. The van der Waals surface area contributed by atoms with Gasteiger partial charge in [0.1, 0.15) is 5.75 Å². The van der Waals surface area contributed by atoms with Gasteiger partial charge in [-0.05, 0) is 34.5 Å². The number of benzene rings is 1. The van der Waals surface area contributed by atoms with Gasteiger partial charge in [0.15, 0.2) is 6.10 Å². The number of hydrogen-bond donors (Lipinski definition) is 0. The van der Waals surface area contributed by atoms with Crippen molar-refractivity contribution in [3.63, 3.8) is 0 Å². The van der Waals surface area contributed by atoms with Gasteiger partial charge in [0.05, 0.1) is 10.0 Å². The summed E-state index contributed by atoms with van der Waals surface area (Å²) in [6, 6.07) is 3.71. The average Bonchev–Trinajstić information content (AvgIpc) is 2.47. The van der Waals surface area contributed by atoms with Gasteiger partial charge in [0.2, 0.25) is 5.78 Å². The third-order valence-electron chi connectivity index (χ3n) is 2.38. The molecule has 2 rings (SSSR count). The van der Waals surface area contributed by atoms with E-state index < -0.39 is 0 Å². The van der Waals surface area contributed by atoms with Crippen LogP contribution in [-0.2, 0) is 0 Å². The molecular weight excluding hydrogens is 324 g/mol. The molecule has 0 aromatic heterocycles. The lowest BCUT2D eigenvalue weighted by atomic mass is 10.1. The summed E-state index contributed by atoms with van der Waals surface area (Å²) in [5.74, 6) is 0.774. The topological polar surface area (TPSA) is 26.3 Å². The summed E-state index contributed by atoms with van der Waals surface area (Å²) in [5, 5.41) is 0. The normalized spacial score (nSPS) is 18.9. The molecule has 80 valence electrons.